The molecule has 1 amide bonds. The molecule has 0 saturated carbocycles. The molecule has 1 aliphatic heterocycles. The van der Waals surface area contributed by atoms with E-state index in [1.165, 1.54) is 6.07 Å². The lowest BCUT2D eigenvalue weighted by Crippen LogP contribution is -2.42. The van der Waals surface area contributed by atoms with E-state index in [0.29, 0.717) is 13.0 Å². The van der Waals surface area contributed by atoms with Crippen molar-refractivity contribution >= 4 is 21.6 Å². The van der Waals surface area contributed by atoms with Gasteiger partial charge in [0.25, 0.3) is 0 Å². The third-order valence-corrected chi connectivity index (χ3v) is 5.79. The smallest absolute Gasteiger partial charge is 0.241 e. The van der Waals surface area contributed by atoms with Crippen LogP contribution >= 0.6 is 0 Å². The van der Waals surface area contributed by atoms with E-state index in [9.17, 15) is 13.2 Å². The number of carbonyl (C=O) groups is 1. The van der Waals surface area contributed by atoms with Crippen molar-refractivity contribution < 1.29 is 17.7 Å². The van der Waals surface area contributed by atoms with Crippen LogP contribution in [0.1, 0.15) is 29.5 Å². The van der Waals surface area contributed by atoms with Crippen molar-refractivity contribution in [3.8, 4) is 0 Å². The number of aryl methyl sites for hydroxylation is 2. The minimum Gasteiger partial charge on any atom is -0.361 e. The Balaban J connectivity index is 1.76. The van der Waals surface area contributed by atoms with E-state index in [4.69, 9.17) is 9.66 Å². The molecule has 0 radical (unpaired) electrons. The molecule has 8 nitrogen and oxygen atoms in total. The SMILES string of the molecule is Cc1noc(C)c1CN(C)CC(=O)N1c2ccc(S(N)(=O)=O)cc2CC1C. The Morgan fingerprint density at radius 2 is 2.11 bits per heavy atom. The largest absolute Gasteiger partial charge is 0.361 e. The highest BCUT2D eigenvalue weighted by Gasteiger charge is 2.32. The van der Waals surface area contributed by atoms with Crippen molar-refractivity contribution in [3.63, 3.8) is 0 Å². The zero-order valence-electron chi connectivity index (χ0n) is 15.9. The Kier molecular flexibility index (Phi) is 5.11. The van der Waals surface area contributed by atoms with Crippen LogP contribution in [0.4, 0.5) is 5.69 Å². The van der Waals surface area contributed by atoms with E-state index < -0.39 is 10.0 Å². The van der Waals surface area contributed by atoms with Gasteiger partial charge in [-0.1, -0.05) is 5.16 Å². The summed E-state index contributed by atoms with van der Waals surface area (Å²) in [7, 11) is -1.89. The van der Waals surface area contributed by atoms with Gasteiger partial charge in [-0.2, -0.15) is 0 Å². The molecule has 2 N–H and O–H groups in total. The molecule has 1 aromatic carbocycles. The fourth-order valence-electron chi connectivity index (χ4n) is 3.53. The number of amides is 1. The highest BCUT2D eigenvalue weighted by atomic mass is 32.2. The van der Waals surface area contributed by atoms with E-state index in [1.54, 1.807) is 17.0 Å². The summed E-state index contributed by atoms with van der Waals surface area (Å²) in [6, 6.07) is 4.61. The molecule has 0 spiro atoms. The summed E-state index contributed by atoms with van der Waals surface area (Å²) in [5, 5.41) is 9.15. The van der Waals surface area contributed by atoms with Crippen LogP contribution in [0.5, 0.6) is 0 Å². The van der Waals surface area contributed by atoms with Gasteiger partial charge in [0.1, 0.15) is 5.76 Å². The molecular weight excluding hydrogens is 368 g/mol. The maximum atomic E-state index is 12.9. The number of fused-ring (bicyclic) bond motifs is 1. The van der Waals surface area contributed by atoms with Gasteiger partial charge in [0.15, 0.2) is 0 Å². The Morgan fingerprint density at radius 1 is 1.41 bits per heavy atom. The van der Waals surface area contributed by atoms with Crippen molar-refractivity contribution in [2.75, 3.05) is 18.5 Å². The van der Waals surface area contributed by atoms with Crippen LogP contribution < -0.4 is 10.0 Å². The fourth-order valence-corrected chi connectivity index (χ4v) is 4.09. The molecule has 9 heteroatoms. The van der Waals surface area contributed by atoms with Crippen molar-refractivity contribution in [2.24, 2.45) is 5.14 Å². The molecule has 0 bridgehead atoms. The quantitative estimate of drug-likeness (QED) is 0.822. The standard InChI is InChI=1S/C18H24N4O4S/c1-11-7-14-8-15(27(19,24)25)5-6-17(14)22(11)18(23)10-21(4)9-16-12(2)20-26-13(16)3/h5-6,8,11H,7,9-10H2,1-4H3,(H2,19,24,25). The lowest BCUT2D eigenvalue weighted by molar-refractivity contribution is -0.119. The zero-order valence-corrected chi connectivity index (χ0v) is 16.7. The van der Waals surface area contributed by atoms with Crippen molar-refractivity contribution in [3.05, 3.63) is 40.8 Å². The van der Waals surface area contributed by atoms with Gasteiger partial charge in [-0.15, -0.1) is 0 Å². The van der Waals surface area contributed by atoms with Gasteiger partial charge < -0.3 is 9.42 Å². The summed E-state index contributed by atoms with van der Waals surface area (Å²) in [5.41, 5.74) is 3.36. The minimum atomic E-state index is -3.76. The second-order valence-corrected chi connectivity index (χ2v) is 8.69. The van der Waals surface area contributed by atoms with Gasteiger partial charge in [0.2, 0.25) is 15.9 Å². The van der Waals surface area contributed by atoms with Crippen LogP contribution in [-0.4, -0.2) is 44.0 Å². The molecule has 3 rings (SSSR count). The topological polar surface area (TPSA) is 110 Å². The molecule has 27 heavy (non-hydrogen) atoms. The van der Waals surface area contributed by atoms with Crippen LogP contribution in [-0.2, 0) is 27.8 Å². The molecule has 0 fully saturated rings. The monoisotopic (exact) mass is 392 g/mol. The lowest BCUT2D eigenvalue weighted by atomic mass is 10.1. The van der Waals surface area contributed by atoms with E-state index in [2.05, 4.69) is 5.16 Å². The average molecular weight is 392 g/mol. The second kappa shape index (κ2) is 7.06. The Hall–Kier alpha value is -2.23. The number of nitrogens with two attached hydrogens (primary N) is 1. The number of nitrogens with zero attached hydrogens (tertiary/aromatic N) is 3. The fraction of sp³-hybridized carbons (Fsp3) is 0.444. The number of hydrogen-bond donors (Lipinski definition) is 1. The number of primary sulfonamides is 1. The number of aromatic nitrogens is 1. The van der Waals surface area contributed by atoms with Gasteiger partial charge in [0, 0.05) is 23.8 Å². The van der Waals surface area contributed by atoms with Gasteiger partial charge in [-0.3, -0.25) is 9.69 Å². The summed E-state index contributed by atoms with van der Waals surface area (Å²) in [6.45, 7) is 6.47. The molecule has 146 valence electrons. The third-order valence-electron chi connectivity index (χ3n) is 4.88. The van der Waals surface area contributed by atoms with E-state index in [0.717, 1.165) is 28.3 Å². The van der Waals surface area contributed by atoms with Crippen LogP contribution in [0.2, 0.25) is 0 Å². The summed E-state index contributed by atoms with van der Waals surface area (Å²) in [4.78, 5) is 16.6. The van der Waals surface area contributed by atoms with Gasteiger partial charge >= 0.3 is 0 Å². The summed E-state index contributed by atoms with van der Waals surface area (Å²) >= 11 is 0. The van der Waals surface area contributed by atoms with E-state index >= 15 is 0 Å². The van der Waals surface area contributed by atoms with Crippen molar-refractivity contribution in [1.29, 1.82) is 0 Å². The molecule has 0 aliphatic carbocycles. The summed E-state index contributed by atoms with van der Waals surface area (Å²) in [6.07, 6.45) is 0.595. The van der Waals surface area contributed by atoms with Crippen LogP contribution in [0.25, 0.3) is 0 Å². The Bertz CT molecular complexity index is 964. The number of hydrogen-bond acceptors (Lipinski definition) is 6. The van der Waals surface area contributed by atoms with Crippen LogP contribution in [0.15, 0.2) is 27.6 Å². The minimum absolute atomic E-state index is 0.0427. The Labute approximate surface area is 159 Å². The summed E-state index contributed by atoms with van der Waals surface area (Å²) < 4.78 is 28.3. The first-order chi connectivity index (χ1) is 12.6. The molecule has 0 saturated heterocycles. The molecule has 1 atom stereocenters. The molecular formula is C18H24N4O4S. The number of carbonyl (C=O) groups excluding carboxylic acids is 1. The predicted molar refractivity (Wildman–Crippen MR) is 101 cm³/mol. The zero-order chi connectivity index (χ0) is 19.9. The first-order valence-electron chi connectivity index (χ1n) is 8.66. The summed E-state index contributed by atoms with van der Waals surface area (Å²) in [5.74, 6) is 0.709. The van der Waals surface area contributed by atoms with E-state index in [-0.39, 0.29) is 23.4 Å². The maximum absolute atomic E-state index is 12.9. The number of likely N-dealkylation sites (N-methyl/N-ethyl adjacent to an activating group) is 1. The number of benzene rings is 1. The highest BCUT2D eigenvalue weighted by Crippen LogP contribution is 2.33. The average Bonchev–Trinajstić information content (AvgIpc) is 3.06. The van der Waals surface area contributed by atoms with Crippen LogP contribution in [0.3, 0.4) is 0 Å². The Morgan fingerprint density at radius 3 is 2.70 bits per heavy atom. The number of anilines is 1. The predicted octanol–water partition coefficient (Wildman–Crippen LogP) is 1.35. The molecule has 1 aliphatic rings. The lowest BCUT2D eigenvalue weighted by Gasteiger charge is -2.25. The second-order valence-electron chi connectivity index (χ2n) is 7.13. The molecule has 1 unspecified atom stereocenters. The molecule has 2 heterocycles. The van der Waals surface area contributed by atoms with E-state index in [1.807, 2.05) is 32.7 Å². The molecule has 1 aromatic heterocycles. The maximum Gasteiger partial charge on any atom is 0.241 e. The van der Waals surface area contributed by atoms with Gasteiger partial charge in [0.05, 0.1) is 17.1 Å². The van der Waals surface area contributed by atoms with Gasteiger partial charge in [-0.05, 0) is 58.0 Å². The normalized spacial score (nSPS) is 16.8. The molecule has 2 aromatic rings. The van der Waals surface area contributed by atoms with Crippen LogP contribution in [0, 0.1) is 13.8 Å². The van der Waals surface area contributed by atoms with Crippen molar-refractivity contribution in [1.82, 2.24) is 10.1 Å². The number of rotatable bonds is 5. The first kappa shape index (κ1) is 19.5. The van der Waals surface area contributed by atoms with Crippen molar-refractivity contribution in [2.45, 2.75) is 44.7 Å². The third kappa shape index (κ3) is 3.90. The van der Waals surface area contributed by atoms with Gasteiger partial charge in [-0.25, -0.2) is 13.6 Å². The first-order valence-corrected chi connectivity index (χ1v) is 10.2. The number of sulfonamides is 1. The highest BCUT2D eigenvalue weighted by molar-refractivity contribution is 7.89.